The fourth-order valence-electron chi connectivity index (χ4n) is 2.75. The first-order valence-electron chi connectivity index (χ1n) is 7.77. The molecule has 2 heterocycles. The number of benzene rings is 1. The predicted molar refractivity (Wildman–Crippen MR) is 92.3 cm³/mol. The highest BCUT2D eigenvalue weighted by Gasteiger charge is 2.56. The van der Waals surface area contributed by atoms with Crippen LogP contribution in [-0.2, 0) is 19.1 Å². The number of carbonyl (C=O) groups excluding carboxylic acids is 3. The monoisotopic (exact) mass is 359 g/mol. The van der Waals surface area contributed by atoms with Crippen molar-refractivity contribution >= 4 is 29.6 Å². The summed E-state index contributed by atoms with van der Waals surface area (Å²) in [6.07, 6.45) is 0.870. The highest BCUT2D eigenvalue weighted by Crippen LogP contribution is 2.46. The lowest BCUT2D eigenvalue weighted by Crippen LogP contribution is -2.61. The van der Waals surface area contributed by atoms with Gasteiger partial charge in [0.05, 0.1) is 5.56 Å². The number of fused-ring (bicyclic) bond motifs is 1. The van der Waals surface area contributed by atoms with E-state index in [2.05, 4.69) is 6.58 Å². The van der Waals surface area contributed by atoms with Crippen molar-refractivity contribution in [2.75, 3.05) is 6.61 Å². The average Bonchev–Trinajstić information content (AvgIpc) is 2.99. The molecule has 2 aliphatic heterocycles. The fourth-order valence-corrected chi connectivity index (χ4v) is 4.08. The first kappa shape index (κ1) is 17.3. The van der Waals surface area contributed by atoms with E-state index >= 15 is 0 Å². The number of ether oxygens (including phenoxy) is 2. The third-order valence-corrected chi connectivity index (χ3v) is 5.15. The molecule has 0 unspecified atom stereocenters. The summed E-state index contributed by atoms with van der Waals surface area (Å²) in [4.78, 5) is 37.9. The van der Waals surface area contributed by atoms with Crippen molar-refractivity contribution in [3.63, 3.8) is 0 Å². The van der Waals surface area contributed by atoms with Crippen LogP contribution in [0.15, 0.2) is 54.1 Å². The maximum atomic E-state index is 12.4. The van der Waals surface area contributed by atoms with Gasteiger partial charge in [0.1, 0.15) is 29.7 Å². The minimum atomic E-state index is -0.592. The number of hydrogen-bond acceptors (Lipinski definition) is 6. The molecule has 0 radical (unpaired) electrons. The molecule has 1 saturated heterocycles. The summed E-state index contributed by atoms with van der Waals surface area (Å²) in [7, 11) is 0. The van der Waals surface area contributed by atoms with Crippen LogP contribution in [0.4, 0.5) is 0 Å². The number of esters is 2. The zero-order chi connectivity index (χ0) is 18.0. The molecule has 1 aromatic rings. The summed E-state index contributed by atoms with van der Waals surface area (Å²) >= 11 is 1.35. The van der Waals surface area contributed by atoms with Crippen molar-refractivity contribution in [2.24, 2.45) is 5.92 Å². The van der Waals surface area contributed by atoms with E-state index < -0.39 is 24.0 Å². The van der Waals surface area contributed by atoms with E-state index in [1.165, 1.54) is 22.7 Å². The van der Waals surface area contributed by atoms with Crippen LogP contribution in [0.3, 0.4) is 0 Å². The van der Waals surface area contributed by atoms with E-state index in [1.54, 1.807) is 42.7 Å². The molecule has 7 heteroatoms. The topological polar surface area (TPSA) is 72.9 Å². The van der Waals surface area contributed by atoms with Gasteiger partial charge in [0.25, 0.3) is 0 Å². The highest BCUT2D eigenvalue weighted by molar-refractivity contribution is 8.03. The molecule has 2 aliphatic rings. The van der Waals surface area contributed by atoms with Gasteiger partial charge in [-0.05, 0) is 19.1 Å². The Morgan fingerprint density at radius 2 is 2.04 bits per heavy atom. The number of hydrogen-bond donors (Lipinski definition) is 0. The maximum absolute atomic E-state index is 12.4. The van der Waals surface area contributed by atoms with Gasteiger partial charge >= 0.3 is 11.9 Å². The summed E-state index contributed by atoms with van der Waals surface area (Å²) in [5.41, 5.74) is 0.656. The molecule has 6 nitrogen and oxygen atoms in total. The highest BCUT2D eigenvalue weighted by atomic mass is 32.2. The second-order valence-electron chi connectivity index (χ2n) is 5.63. The third-order valence-electron chi connectivity index (χ3n) is 4.01. The molecule has 1 aromatic carbocycles. The van der Waals surface area contributed by atoms with Crippen molar-refractivity contribution in [3.05, 3.63) is 59.7 Å². The first-order chi connectivity index (χ1) is 12.0. The normalized spacial score (nSPS) is 22.4. The molecule has 0 spiro atoms. The van der Waals surface area contributed by atoms with Gasteiger partial charge in [-0.2, -0.15) is 0 Å². The Morgan fingerprint density at radius 3 is 2.72 bits per heavy atom. The van der Waals surface area contributed by atoms with Crippen LogP contribution < -0.4 is 0 Å². The van der Waals surface area contributed by atoms with Crippen LogP contribution in [-0.4, -0.2) is 40.8 Å². The molecule has 0 aromatic heterocycles. The molecule has 1 amide bonds. The fraction of sp³-hybridized carbons (Fsp3) is 0.278. The molecule has 3 rings (SSSR count). The molecular formula is C18H17NO5S. The number of amides is 1. The molecule has 0 bridgehead atoms. The van der Waals surface area contributed by atoms with Crippen LogP contribution >= 0.6 is 11.8 Å². The minimum Gasteiger partial charge on any atom is -0.458 e. The predicted octanol–water partition coefficient (Wildman–Crippen LogP) is 2.33. The van der Waals surface area contributed by atoms with E-state index in [4.69, 9.17) is 9.47 Å². The smallest absolute Gasteiger partial charge is 0.355 e. The second-order valence-corrected chi connectivity index (χ2v) is 6.62. The summed E-state index contributed by atoms with van der Waals surface area (Å²) < 4.78 is 10.4. The van der Waals surface area contributed by atoms with Gasteiger partial charge in [0.15, 0.2) is 0 Å². The Hall–Kier alpha value is -2.54. The van der Waals surface area contributed by atoms with E-state index in [0.717, 1.165) is 0 Å². The van der Waals surface area contributed by atoms with Gasteiger partial charge in [-0.3, -0.25) is 9.69 Å². The van der Waals surface area contributed by atoms with Crippen LogP contribution in [0.5, 0.6) is 0 Å². The molecular weight excluding hydrogens is 342 g/mol. The van der Waals surface area contributed by atoms with E-state index in [-0.39, 0.29) is 23.6 Å². The average molecular weight is 359 g/mol. The molecule has 0 N–H and O–H groups in total. The van der Waals surface area contributed by atoms with Gasteiger partial charge in [0.2, 0.25) is 5.91 Å². The summed E-state index contributed by atoms with van der Waals surface area (Å²) in [6, 6.07) is 8.61. The number of nitrogens with zero attached hydrogens (tertiary/aromatic N) is 1. The van der Waals surface area contributed by atoms with Crippen molar-refractivity contribution in [3.8, 4) is 0 Å². The van der Waals surface area contributed by atoms with E-state index in [0.29, 0.717) is 5.56 Å². The molecule has 1 fully saturated rings. The SMILES string of the molecule is C=CCOC(=O)C1=CS[C@H]2[C@@H]([C@@H](C)OC(=O)c3ccccc3)C(=O)N12. The summed E-state index contributed by atoms with van der Waals surface area (Å²) in [5, 5.41) is 1.36. The number of carbonyl (C=O) groups is 3. The molecule has 3 atom stereocenters. The zero-order valence-electron chi connectivity index (χ0n) is 13.6. The molecule has 0 saturated carbocycles. The molecule has 25 heavy (non-hydrogen) atoms. The standard InChI is InChI=1S/C18H17NO5S/c1-3-9-23-18(22)13-10-25-16-14(15(20)19(13)16)11(2)24-17(21)12-7-5-4-6-8-12/h3-8,10-11,14,16H,1,9H2,2H3/t11-,14+,16+/m1/s1. The maximum Gasteiger partial charge on any atom is 0.355 e. The summed E-state index contributed by atoms with van der Waals surface area (Å²) in [5.74, 6) is -1.76. The number of rotatable bonds is 6. The lowest BCUT2D eigenvalue weighted by atomic mass is 9.92. The lowest BCUT2D eigenvalue weighted by Gasteiger charge is -2.44. The number of thioether (sulfide) groups is 1. The van der Waals surface area contributed by atoms with Crippen molar-refractivity contribution in [1.29, 1.82) is 0 Å². The Balaban J connectivity index is 1.61. The zero-order valence-corrected chi connectivity index (χ0v) is 14.4. The first-order valence-corrected chi connectivity index (χ1v) is 8.71. The Bertz CT molecular complexity index is 745. The van der Waals surface area contributed by atoms with Crippen molar-refractivity contribution in [2.45, 2.75) is 18.4 Å². The Kier molecular flexibility index (Phi) is 4.94. The van der Waals surface area contributed by atoms with Gasteiger partial charge in [0, 0.05) is 5.41 Å². The molecule has 0 aliphatic carbocycles. The van der Waals surface area contributed by atoms with Gasteiger partial charge in [-0.25, -0.2) is 9.59 Å². The Labute approximate surface area is 149 Å². The second kappa shape index (κ2) is 7.14. The van der Waals surface area contributed by atoms with Gasteiger partial charge in [-0.15, -0.1) is 11.8 Å². The van der Waals surface area contributed by atoms with E-state index in [1.807, 2.05) is 0 Å². The lowest BCUT2D eigenvalue weighted by molar-refractivity contribution is -0.158. The number of β-lactam (4-membered cyclic amide) rings is 1. The largest absolute Gasteiger partial charge is 0.458 e. The van der Waals surface area contributed by atoms with Crippen molar-refractivity contribution < 1.29 is 23.9 Å². The quantitative estimate of drug-likeness (QED) is 0.441. The van der Waals surface area contributed by atoms with Gasteiger partial charge in [-0.1, -0.05) is 30.9 Å². The molecule has 130 valence electrons. The van der Waals surface area contributed by atoms with Crippen LogP contribution in [0.2, 0.25) is 0 Å². The summed E-state index contributed by atoms with van der Waals surface area (Å²) in [6.45, 7) is 5.25. The third kappa shape index (κ3) is 3.19. The van der Waals surface area contributed by atoms with E-state index in [9.17, 15) is 14.4 Å². The van der Waals surface area contributed by atoms with Gasteiger partial charge < -0.3 is 9.47 Å². The van der Waals surface area contributed by atoms with Crippen molar-refractivity contribution in [1.82, 2.24) is 4.90 Å². The van der Waals surface area contributed by atoms with Crippen LogP contribution in [0.25, 0.3) is 0 Å². The minimum absolute atomic E-state index is 0.0854. The van der Waals surface area contributed by atoms with Crippen LogP contribution in [0, 0.1) is 5.92 Å². The Morgan fingerprint density at radius 1 is 1.32 bits per heavy atom. The van der Waals surface area contributed by atoms with Crippen LogP contribution in [0.1, 0.15) is 17.3 Å².